The second kappa shape index (κ2) is 10.0. The van der Waals surface area contributed by atoms with E-state index >= 15 is 0 Å². The number of aromatic nitrogens is 3. The van der Waals surface area contributed by atoms with Crippen molar-refractivity contribution in [1.29, 1.82) is 0 Å². The molecule has 1 aromatic heterocycles. The number of carbonyl (C=O) groups is 1. The fourth-order valence-electron chi connectivity index (χ4n) is 0.987. The third kappa shape index (κ3) is 7.40. The van der Waals surface area contributed by atoms with Gasteiger partial charge in [0.25, 0.3) is 0 Å². The average molecular weight is 280 g/mol. The van der Waals surface area contributed by atoms with Crippen molar-refractivity contribution in [2.24, 2.45) is 0 Å². The zero-order valence-electron chi connectivity index (χ0n) is 10.6. The van der Waals surface area contributed by atoms with Gasteiger partial charge in [-0.3, -0.25) is 0 Å². The summed E-state index contributed by atoms with van der Waals surface area (Å²) >= 11 is 0. The Hall–Kier alpha value is -2.94. The maximum absolute atomic E-state index is 8.63. The Labute approximate surface area is 115 Å². The molecule has 0 amide bonds. The third-order valence-corrected chi connectivity index (χ3v) is 1.66. The third-order valence-electron chi connectivity index (χ3n) is 1.66. The lowest BCUT2D eigenvalue weighted by molar-refractivity contribution is -0.0979. The first-order valence-corrected chi connectivity index (χ1v) is 5.26. The fourth-order valence-corrected chi connectivity index (χ4v) is 0.987. The Balaban J connectivity index is 0.000000345. The molecule has 7 N–H and O–H groups in total. The number of aliphatic hydroxyl groups is 1. The minimum Gasteiger partial charge on any atom is -0.508 e. The standard InChI is InChI=1S/C6H6O.C4H8N6O.CH2O/c7-6-4-2-1-3-5-6;5-2-8-3(6)10-4(9-2)7-1-11;1-2/h1-5,7H;11H,1H2,(H5,5,6,7,8,9,10);1H2. The van der Waals surface area contributed by atoms with Gasteiger partial charge in [0, 0.05) is 0 Å². The molecule has 0 saturated carbocycles. The highest BCUT2D eigenvalue weighted by Crippen LogP contribution is 2.03. The Morgan fingerprint density at radius 3 is 1.90 bits per heavy atom. The second-order valence-corrected chi connectivity index (χ2v) is 3.05. The molecule has 0 unspecified atom stereocenters. The quantitative estimate of drug-likeness (QED) is 0.461. The summed E-state index contributed by atoms with van der Waals surface area (Å²) in [5, 5.41) is 19.5. The highest BCUT2D eigenvalue weighted by molar-refractivity contribution is 5.36. The predicted molar refractivity (Wildman–Crippen MR) is 74.6 cm³/mol. The van der Waals surface area contributed by atoms with Gasteiger partial charge in [0.1, 0.15) is 19.3 Å². The number of aliphatic hydroxyl groups excluding tert-OH is 1. The molecular formula is C11H16N6O3. The van der Waals surface area contributed by atoms with Crippen molar-refractivity contribution in [2.45, 2.75) is 0 Å². The molecule has 9 heteroatoms. The zero-order valence-corrected chi connectivity index (χ0v) is 10.6. The van der Waals surface area contributed by atoms with Gasteiger partial charge in [0.15, 0.2) is 0 Å². The number of nitrogen functional groups attached to an aromatic ring is 2. The molecule has 0 aliphatic carbocycles. The van der Waals surface area contributed by atoms with Crippen LogP contribution < -0.4 is 16.8 Å². The maximum atomic E-state index is 8.63. The summed E-state index contributed by atoms with van der Waals surface area (Å²) in [6.07, 6.45) is 0. The highest BCUT2D eigenvalue weighted by atomic mass is 16.3. The number of nitrogens with one attached hydrogen (secondary N) is 1. The second-order valence-electron chi connectivity index (χ2n) is 3.05. The van der Waals surface area contributed by atoms with Crippen LogP contribution in [0.5, 0.6) is 5.75 Å². The first kappa shape index (κ1) is 17.1. The van der Waals surface area contributed by atoms with Crippen LogP contribution in [0.1, 0.15) is 0 Å². The van der Waals surface area contributed by atoms with E-state index in [9.17, 15) is 0 Å². The molecule has 0 bridgehead atoms. The number of phenolic OH excluding ortho intramolecular Hbond substituents is 1. The van der Waals surface area contributed by atoms with E-state index in [1.165, 1.54) is 0 Å². The van der Waals surface area contributed by atoms with Gasteiger partial charge in [-0.1, -0.05) is 18.2 Å². The molecule has 0 saturated heterocycles. The van der Waals surface area contributed by atoms with Crippen molar-refractivity contribution >= 4 is 24.6 Å². The van der Waals surface area contributed by atoms with Crippen LogP contribution in [0.4, 0.5) is 17.8 Å². The lowest BCUT2D eigenvalue weighted by Gasteiger charge is -2.00. The van der Waals surface area contributed by atoms with E-state index < -0.39 is 0 Å². The Morgan fingerprint density at radius 1 is 1.05 bits per heavy atom. The van der Waals surface area contributed by atoms with Gasteiger partial charge in [-0.25, -0.2) is 0 Å². The molecular weight excluding hydrogens is 264 g/mol. The minimum absolute atomic E-state index is 0.0217. The Kier molecular flexibility index (Phi) is 8.55. The van der Waals surface area contributed by atoms with Crippen LogP contribution in [0.3, 0.4) is 0 Å². The molecule has 1 heterocycles. The molecule has 0 aliphatic rings. The number of anilines is 3. The highest BCUT2D eigenvalue weighted by Gasteiger charge is 1.98. The lowest BCUT2D eigenvalue weighted by atomic mass is 10.3. The Bertz CT molecular complexity index is 477. The zero-order chi connectivity index (χ0) is 15.4. The number of nitrogens with zero attached hydrogens (tertiary/aromatic N) is 3. The monoisotopic (exact) mass is 280 g/mol. The molecule has 0 radical (unpaired) electrons. The number of para-hydroxylation sites is 1. The molecule has 9 nitrogen and oxygen atoms in total. The molecule has 2 rings (SSSR count). The van der Waals surface area contributed by atoms with Crippen molar-refractivity contribution in [1.82, 2.24) is 15.0 Å². The van der Waals surface area contributed by atoms with Gasteiger partial charge in [-0.15, -0.1) is 0 Å². The van der Waals surface area contributed by atoms with E-state index in [0.29, 0.717) is 5.75 Å². The van der Waals surface area contributed by atoms with Crippen molar-refractivity contribution < 1.29 is 15.0 Å². The molecule has 0 aliphatic heterocycles. The molecule has 1 aromatic carbocycles. The topological polar surface area (TPSA) is 160 Å². The molecule has 2 aromatic rings. The number of benzene rings is 1. The summed E-state index contributed by atoms with van der Waals surface area (Å²) < 4.78 is 0. The van der Waals surface area contributed by atoms with E-state index in [-0.39, 0.29) is 24.6 Å². The number of carbonyl (C=O) groups excluding carboxylic acids is 1. The molecule has 0 atom stereocenters. The van der Waals surface area contributed by atoms with Crippen LogP contribution in [0.2, 0.25) is 0 Å². The van der Waals surface area contributed by atoms with E-state index in [1.807, 2.05) is 12.9 Å². The first-order chi connectivity index (χ1) is 9.61. The van der Waals surface area contributed by atoms with Gasteiger partial charge in [-0.2, -0.15) is 15.0 Å². The number of nitrogens with two attached hydrogens (primary N) is 2. The smallest absolute Gasteiger partial charge is 0.231 e. The largest absolute Gasteiger partial charge is 0.508 e. The van der Waals surface area contributed by atoms with Gasteiger partial charge in [-0.05, 0) is 12.1 Å². The molecule has 0 spiro atoms. The van der Waals surface area contributed by atoms with E-state index in [0.717, 1.165) is 0 Å². The fraction of sp³-hybridized carbons (Fsp3) is 0.0909. The van der Waals surface area contributed by atoms with Crippen molar-refractivity contribution in [3.05, 3.63) is 30.3 Å². The maximum Gasteiger partial charge on any atom is 0.231 e. The number of hydrogen-bond donors (Lipinski definition) is 5. The summed E-state index contributed by atoms with van der Waals surface area (Å²) in [6.45, 7) is 1.73. The van der Waals surface area contributed by atoms with Crippen molar-refractivity contribution in [3.63, 3.8) is 0 Å². The van der Waals surface area contributed by atoms with Gasteiger partial charge >= 0.3 is 0 Å². The van der Waals surface area contributed by atoms with Crippen LogP contribution >= 0.6 is 0 Å². The number of aromatic hydroxyl groups is 1. The van der Waals surface area contributed by atoms with Crippen molar-refractivity contribution in [2.75, 3.05) is 23.5 Å². The van der Waals surface area contributed by atoms with E-state index in [2.05, 4.69) is 20.3 Å². The number of hydrogen-bond acceptors (Lipinski definition) is 9. The van der Waals surface area contributed by atoms with Crippen LogP contribution in [0, 0.1) is 0 Å². The average Bonchev–Trinajstić information content (AvgIpc) is 2.42. The normalized spacial score (nSPS) is 8.45. The van der Waals surface area contributed by atoms with Gasteiger partial charge in [0.2, 0.25) is 17.8 Å². The lowest BCUT2D eigenvalue weighted by Crippen LogP contribution is -2.09. The van der Waals surface area contributed by atoms with Crippen molar-refractivity contribution in [3.8, 4) is 5.75 Å². The SMILES string of the molecule is C=O.Nc1nc(N)nc(NCO)n1.Oc1ccccc1. The number of rotatable bonds is 2. The van der Waals surface area contributed by atoms with Gasteiger partial charge < -0.3 is 31.8 Å². The first-order valence-electron chi connectivity index (χ1n) is 5.26. The van der Waals surface area contributed by atoms with E-state index in [4.69, 9.17) is 26.5 Å². The minimum atomic E-state index is -0.275. The van der Waals surface area contributed by atoms with Crippen LogP contribution in [0.25, 0.3) is 0 Å². The summed E-state index contributed by atoms with van der Waals surface area (Å²) in [6, 6.07) is 8.71. The summed E-state index contributed by atoms with van der Waals surface area (Å²) in [7, 11) is 0. The predicted octanol–water partition coefficient (Wildman–Crippen LogP) is -0.395. The number of phenols is 1. The van der Waals surface area contributed by atoms with E-state index in [1.54, 1.807) is 24.3 Å². The summed E-state index contributed by atoms with van der Waals surface area (Å²) in [5.74, 6) is 0.530. The Morgan fingerprint density at radius 2 is 1.55 bits per heavy atom. The molecule has 20 heavy (non-hydrogen) atoms. The molecule has 108 valence electrons. The summed E-state index contributed by atoms with van der Waals surface area (Å²) in [5.41, 5.74) is 10.5. The molecule has 0 fully saturated rings. The summed E-state index contributed by atoms with van der Waals surface area (Å²) in [4.78, 5) is 18.8. The van der Waals surface area contributed by atoms with Crippen LogP contribution in [-0.4, -0.2) is 38.7 Å². The van der Waals surface area contributed by atoms with Crippen LogP contribution in [-0.2, 0) is 4.79 Å². The van der Waals surface area contributed by atoms with Crippen LogP contribution in [0.15, 0.2) is 30.3 Å². The van der Waals surface area contributed by atoms with Gasteiger partial charge in [0.05, 0.1) is 0 Å².